The van der Waals surface area contributed by atoms with Crippen LogP contribution in [0, 0.1) is 0 Å². The van der Waals surface area contributed by atoms with Gasteiger partial charge in [-0.2, -0.15) is 4.31 Å². The minimum Gasteiger partial charge on any atom is -0.496 e. The first-order valence-corrected chi connectivity index (χ1v) is 12.2. The van der Waals surface area contributed by atoms with Crippen molar-refractivity contribution in [2.24, 2.45) is 0 Å². The number of methoxy groups -OCH3 is 1. The number of nitrogens with zero attached hydrogens (tertiary/aromatic N) is 3. The molecule has 0 atom stereocenters. The third-order valence-corrected chi connectivity index (χ3v) is 8.15. The van der Waals surface area contributed by atoms with E-state index in [4.69, 9.17) is 9.47 Å². The number of aromatic nitrogens is 2. The van der Waals surface area contributed by atoms with Gasteiger partial charge in [0.2, 0.25) is 15.2 Å². The number of ether oxygens (including phenoxy) is 2. The highest BCUT2D eigenvalue weighted by molar-refractivity contribution is 8.01. The molecule has 2 heterocycles. The highest BCUT2D eigenvalue weighted by Gasteiger charge is 2.28. The molecule has 1 amide bonds. The van der Waals surface area contributed by atoms with E-state index in [2.05, 4.69) is 22.4 Å². The lowest BCUT2D eigenvalue weighted by atomic mass is 10.2. The van der Waals surface area contributed by atoms with Gasteiger partial charge in [-0.15, -0.1) is 10.2 Å². The molecule has 3 rings (SSSR count). The summed E-state index contributed by atoms with van der Waals surface area (Å²) in [5, 5.41) is 11.0. The molecule has 1 N–H and O–H groups in total. The summed E-state index contributed by atoms with van der Waals surface area (Å²) in [6, 6.07) is 4.24. The van der Waals surface area contributed by atoms with Crippen LogP contribution in [-0.2, 0) is 14.8 Å². The molecule has 1 aromatic heterocycles. The van der Waals surface area contributed by atoms with Gasteiger partial charge in [0, 0.05) is 18.8 Å². The van der Waals surface area contributed by atoms with Gasteiger partial charge in [-0.25, -0.2) is 8.42 Å². The molecule has 0 spiro atoms. The normalized spacial score (nSPS) is 15.2. The van der Waals surface area contributed by atoms with Gasteiger partial charge in [-0.05, 0) is 24.6 Å². The standard InChI is InChI=1S/C17H22N4O5S3/c1-3-10-27-17-20-19-16(28-17)18-15(22)13-11-12(4-5-14(13)25-2)29(23,24)21-6-8-26-9-7-21/h4-5,11H,3,6-10H2,1-2H3,(H,18,19,22). The van der Waals surface area contributed by atoms with Crippen molar-refractivity contribution in [2.75, 3.05) is 44.5 Å². The predicted octanol–water partition coefficient (Wildman–Crippen LogP) is 2.32. The van der Waals surface area contributed by atoms with Gasteiger partial charge in [0.05, 0.1) is 30.8 Å². The highest BCUT2D eigenvalue weighted by Crippen LogP contribution is 2.29. The summed E-state index contributed by atoms with van der Waals surface area (Å²) in [7, 11) is -2.31. The maximum atomic E-state index is 12.9. The number of hydrogen-bond donors (Lipinski definition) is 1. The van der Waals surface area contributed by atoms with Crippen molar-refractivity contribution in [1.82, 2.24) is 14.5 Å². The molecule has 0 unspecified atom stereocenters. The van der Waals surface area contributed by atoms with Crippen molar-refractivity contribution < 1.29 is 22.7 Å². The van der Waals surface area contributed by atoms with E-state index in [1.165, 1.54) is 41.0 Å². The zero-order chi connectivity index (χ0) is 20.9. The second-order valence-corrected chi connectivity index (χ2v) is 10.3. The maximum Gasteiger partial charge on any atom is 0.261 e. The Hall–Kier alpha value is -1.73. The molecule has 1 aliphatic heterocycles. The zero-order valence-corrected chi connectivity index (χ0v) is 18.5. The first kappa shape index (κ1) is 22.0. The molecule has 158 valence electrons. The number of sulfonamides is 1. The first-order valence-electron chi connectivity index (χ1n) is 8.99. The number of anilines is 1. The summed E-state index contributed by atoms with van der Waals surface area (Å²) in [6.07, 6.45) is 1.01. The molecule has 1 fully saturated rings. The van der Waals surface area contributed by atoms with Crippen molar-refractivity contribution in [3.63, 3.8) is 0 Å². The van der Waals surface area contributed by atoms with Gasteiger partial charge < -0.3 is 9.47 Å². The Balaban J connectivity index is 1.83. The van der Waals surface area contributed by atoms with Crippen LogP contribution in [0.4, 0.5) is 5.13 Å². The van der Waals surface area contributed by atoms with Gasteiger partial charge in [0.1, 0.15) is 5.75 Å². The molecule has 9 nitrogen and oxygen atoms in total. The van der Waals surface area contributed by atoms with Crippen molar-refractivity contribution >= 4 is 44.2 Å². The van der Waals surface area contributed by atoms with E-state index >= 15 is 0 Å². The Morgan fingerprint density at radius 1 is 1.34 bits per heavy atom. The molecular weight excluding hydrogens is 436 g/mol. The van der Waals surface area contributed by atoms with Gasteiger partial charge in [-0.1, -0.05) is 30.0 Å². The van der Waals surface area contributed by atoms with Gasteiger partial charge in [-0.3, -0.25) is 10.1 Å². The smallest absolute Gasteiger partial charge is 0.261 e. The summed E-state index contributed by atoms with van der Waals surface area (Å²) < 4.78 is 38.4. The molecule has 0 saturated carbocycles. The van der Waals surface area contributed by atoms with Crippen molar-refractivity contribution in [3.05, 3.63) is 23.8 Å². The minimum atomic E-state index is -3.73. The Morgan fingerprint density at radius 3 is 2.79 bits per heavy atom. The van der Waals surface area contributed by atoms with Crippen LogP contribution in [0.25, 0.3) is 0 Å². The molecule has 2 aromatic rings. The Labute approximate surface area is 177 Å². The molecular formula is C17H22N4O5S3. The molecule has 1 aromatic carbocycles. The first-order chi connectivity index (χ1) is 14.0. The van der Waals surface area contributed by atoms with E-state index in [1.54, 1.807) is 11.8 Å². The fourth-order valence-electron chi connectivity index (χ4n) is 2.63. The monoisotopic (exact) mass is 458 g/mol. The zero-order valence-electron chi connectivity index (χ0n) is 16.1. The van der Waals surface area contributed by atoms with Crippen LogP contribution in [0.2, 0.25) is 0 Å². The Morgan fingerprint density at radius 2 is 2.10 bits per heavy atom. The fourth-order valence-corrected chi connectivity index (χ4v) is 5.74. The predicted molar refractivity (Wildman–Crippen MR) is 111 cm³/mol. The van der Waals surface area contributed by atoms with E-state index in [9.17, 15) is 13.2 Å². The number of rotatable bonds is 8. The van der Waals surface area contributed by atoms with E-state index in [0.29, 0.717) is 18.3 Å². The van der Waals surface area contributed by atoms with Crippen LogP contribution in [0.15, 0.2) is 27.4 Å². The van der Waals surface area contributed by atoms with Crippen molar-refractivity contribution in [3.8, 4) is 5.75 Å². The number of thioether (sulfide) groups is 1. The SMILES string of the molecule is CCCSc1nnc(NC(=O)c2cc(S(=O)(=O)N3CCOCC3)ccc2OC)s1. The van der Waals surface area contributed by atoms with E-state index in [1.807, 2.05) is 0 Å². The van der Waals surface area contributed by atoms with Crippen LogP contribution < -0.4 is 10.1 Å². The largest absolute Gasteiger partial charge is 0.496 e. The number of benzene rings is 1. The number of hydrogen-bond acceptors (Lipinski definition) is 9. The molecule has 29 heavy (non-hydrogen) atoms. The lowest BCUT2D eigenvalue weighted by Crippen LogP contribution is -2.40. The number of carbonyl (C=O) groups is 1. The average Bonchev–Trinajstić information content (AvgIpc) is 3.19. The number of carbonyl (C=O) groups excluding carboxylic acids is 1. The van der Waals surface area contributed by atoms with Crippen molar-refractivity contribution in [1.29, 1.82) is 0 Å². The molecule has 0 aliphatic carbocycles. The third-order valence-electron chi connectivity index (χ3n) is 4.08. The van der Waals surface area contributed by atoms with E-state index < -0.39 is 15.9 Å². The van der Waals surface area contributed by atoms with E-state index in [0.717, 1.165) is 16.5 Å². The lowest BCUT2D eigenvalue weighted by molar-refractivity contribution is 0.0730. The van der Waals surface area contributed by atoms with Gasteiger partial charge in [0.25, 0.3) is 5.91 Å². The lowest BCUT2D eigenvalue weighted by Gasteiger charge is -2.26. The Kier molecular flexibility index (Phi) is 7.46. The summed E-state index contributed by atoms with van der Waals surface area (Å²) in [5.41, 5.74) is 0.111. The number of amides is 1. The second kappa shape index (κ2) is 9.85. The topological polar surface area (TPSA) is 111 Å². The average molecular weight is 459 g/mol. The highest BCUT2D eigenvalue weighted by atomic mass is 32.2. The van der Waals surface area contributed by atoms with Gasteiger partial charge >= 0.3 is 0 Å². The molecule has 0 radical (unpaired) electrons. The summed E-state index contributed by atoms with van der Waals surface area (Å²) in [5.74, 6) is 0.676. The van der Waals surface area contributed by atoms with Crippen LogP contribution in [0.1, 0.15) is 23.7 Å². The number of morpholine rings is 1. The van der Waals surface area contributed by atoms with Crippen LogP contribution in [-0.4, -0.2) is 68.0 Å². The van der Waals surface area contributed by atoms with Crippen LogP contribution in [0.5, 0.6) is 5.75 Å². The van der Waals surface area contributed by atoms with Gasteiger partial charge in [0.15, 0.2) is 4.34 Å². The molecule has 1 saturated heterocycles. The summed E-state index contributed by atoms with van der Waals surface area (Å²) in [4.78, 5) is 12.8. The Bertz CT molecular complexity index is 958. The molecule has 0 bridgehead atoms. The molecule has 1 aliphatic rings. The maximum absolute atomic E-state index is 12.9. The number of nitrogens with one attached hydrogen (secondary N) is 1. The summed E-state index contributed by atoms with van der Waals surface area (Å²) in [6.45, 7) is 3.31. The second-order valence-electron chi connectivity index (χ2n) is 6.05. The van der Waals surface area contributed by atoms with E-state index in [-0.39, 0.29) is 29.3 Å². The fraction of sp³-hybridized carbons (Fsp3) is 0.471. The minimum absolute atomic E-state index is 0.0294. The quantitative estimate of drug-likeness (QED) is 0.474. The van der Waals surface area contributed by atoms with Crippen LogP contribution in [0.3, 0.4) is 0 Å². The van der Waals surface area contributed by atoms with Crippen molar-refractivity contribution in [2.45, 2.75) is 22.6 Å². The molecule has 12 heteroatoms. The third kappa shape index (κ3) is 5.25. The summed E-state index contributed by atoms with van der Waals surface area (Å²) >= 11 is 2.84. The van der Waals surface area contributed by atoms with Crippen LogP contribution >= 0.6 is 23.1 Å².